The summed E-state index contributed by atoms with van der Waals surface area (Å²) in [6.45, 7) is 0.499. The summed E-state index contributed by atoms with van der Waals surface area (Å²) >= 11 is 4.76. The minimum absolute atomic E-state index is 0.0442. The summed E-state index contributed by atoms with van der Waals surface area (Å²) in [5, 5.41) is 11.1. The van der Waals surface area contributed by atoms with E-state index in [1.807, 2.05) is 48.5 Å². The molecule has 0 radical (unpaired) electrons. The van der Waals surface area contributed by atoms with E-state index < -0.39 is 0 Å². The first-order chi connectivity index (χ1) is 11.7. The third-order valence-corrected chi connectivity index (χ3v) is 4.51. The largest absolute Gasteiger partial charge is 0.489 e. The predicted octanol–water partition coefficient (Wildman–Crippen LogP) is 3.58. The Morgan fingerprint density at radius 3 is 2.83 bits per heavy atom. The van der Waals surface area contributed by atoms with Gasteiger partial charge in [-0.05, 0) is 35.4 Å². The van der Waals surface area contributed by atoms with Crippen molar-refractivity contribution in [1.82, 2.24) is 5.32 Å². The molecule has 1 fully saturated rings. The topological polar surface area (TPSA) is 63.0 Å². The van der Waals surface area contributed by atoms with Crippen LogP contribution in [-0.4, -0.2) is 23.0 Å². The molecule has 0 aliphatic carbocycles. The van der Waals surface area contributed by atoms with Crippen molar-refractivity contribution in [3.05, 3.63) is 64.1 Å². The van der Waals surface area contributed by atoms with Gasteiger partial charge in [-0.15, -0.1) is 5.10 Å². The van der Waals surface area contributed by atoms with Crippen LogP contribution >= 0.6 is 27.7 Å². The highest BCUT2D eigenvalue weighted by Crippen LogP contribution is 2.16. The van der Waals surface area contributed by atoms with Gasteiger partial charge in [0.1, 0.15) is 12.4 Å². The second-order valence-electron chi connectivity index (χ2n) is 4.97. The van der Waals surface area contributed by atoms with E-state index in [-0.39, 0.29) is 5.91 Å². The molecule has 0 aromatic heterocycles. The molecule has 122 valence electrons. The van der Waals surface area contributed by atoms with Gasteiger partial charge in [-0.1, -0.05) is 52.0 Å². The first-order valence-electron chi connectivity index (χ1n) is 7.20. The average Bonchev–Trinajstić information content (AvgIpc) is 3.00. The molecule has 5 nitrogen and oxygen atoms in total. The molecule has 2 aromatic carbocycles. The minimum Gasteiger partial charge on any atom is -0.489 e. The maximum absolute atomic E-state index is 11.1. The molecule has 0 saturated carbocycles. The predicted molar refractivity (Wildman–Crippen MR) is 101 cm³/mol. The van der Waals surface area contributed by atoms with Gasteiger partial charge in [0.2, 0.25) is 5.91 Å². The summed E-state index contributed by atoms with van der Waals surface area (Å²) in [6.07, 6.45) is 1.63. The van der Waals surface area contributed by atoms with Crippen LogP contribution in [0.2, 0.25) is 0 Å². The number of nitrogens with zero attached hydrogens (tertiary/aromatic N) is 2. The molecular formula is C17H14BrN3O2S. The Bertz CT molecular complexity index is 791. The van der Waals surface area contributed by atoms with E-state index in [9.17, 15) is 4.79 Å². The Morgan fingerprint density at radius 1 is 1.25 bits per heavy atom. The van der Waals surface area contributed by atoms with E-state index in [1.54, 1.807) is 6.21 Å². The summed E-state index contributed by atoms with van der Waals surface area (Å²) in [6, 6.07) is 15.6. The quantitative estimate of drug-likeness (QED) is 0.612. The van der Waals surface area contributed by atoms with Crippen LogP contribution in [0.15, 0.2) is 63.2 Å². The Labute approximate surface area is 152 Å². The first-order valence-corrected chi connectivity index (χ1v) is 8.98. The number of benzene rings is 2. The number of thioether (sulfide) groups is 1. The zero-order chi connectivity index (χ0) is 16.8. The molecule has 24 heavy (non-hydrogen) atoms. The summed E-state index contributed by atoms with van der Waals surface area (Å²) in [7, 11) is 0. The third kappa shape index (κ3) is 4.94. The van der Waals surface area contributed by atoms with E-state index in [1.165, 1.54) is 11.8 Å². The summed E-state index contributed by atoms with van der Waals surface area (Å²) in [4.78, 5) is 11.1. The second kappa shape index (κ2) is 8.12. The van der Waals surface area contributed by atoms with Crippen LogP contribution < -0.4 is 10.1 Å². The molecule has 2 aromatic rings. The maximum Gasteiger partial charge on any atom is 0.236 e. The number of nitrogens with one attached hydrogen (secondary N) is 1. The number of rotatable bonds is 5. The molecule has 1 amide bonds. The molecule has 1 N–H and O–H groups in total. The Morgan fingerprint density at radius 2 is 2.08 bits per heavy atom. The number of amides is 1. The van der Waals surface area contributed by atoms with Crippen molar-refractivity contribution in [3.8, 4) is 5.75 Å². The summed E-state index contributed by atoms with van der Waals surface area (Å²) in [5.74, 6) is 1.11. The van der Waals surface area contributed by atoms with Gasteiger partial charge in [0.15, 0.2) is 5.17 Å². The fourth-order valence-electron chi connectivity index (χ4n) is 1.96. The van der Waals surface area contributed by atoms with Crippen molar-refractivity contribution in [2.45, 2.75) is 6.61 Å². The van der Waals surface area contributed by atoms with Crippen molar-refractivity contribution in [1.29, 1.82) is 0 Å². The number of ether oxygens (including phenoxy) is 1. The van der Waals surface area contributed by atoms with E-state index in [0.717, 1.165) is 21.3 Å². The lowest BCUT2D eigenvalue weighted by molar-refractivity contribution is -0.116. The van der Waals surface area contributed by atoms with Gasteiger partial charge >= 0.3 is 0 Å². The van der Waals surface area contributed by atoms with E-state index >= 15 is 0 Å². The lowest BCUT2D eigenvalue weighted by atomic mass is 10.2. The number of carbonyl (C=O) groups excluding carboxylic acids is 1. The van der Waals surface area contributed by atoms with Gasteiger partial charge in [0.05, 0.1) is 12.0 Å². The van der Waals surface area contributed by atoms with Crippen LogP contribution in [0, 0.1) is 0 Å². The van der Waals surface area contributed by atoms with Crippen LogP contribution in [0.3, 0.4) is 0 Å². The molecule has 1 saturated heterocycles. The molecule has 0 unspecified atom stereocenters. The van der Waals surface area contributed by atoms with E-state index in [4.69, 9.17) is 4.74 Å². The van der Waals surface area contributed by atoms with Gasteiger partial charge in [-0.2, -0.15) is 5.10 Å². The third-order valence-electron chi connectivity index (χ3n) is 3.12. The number of hydrogen-bond donors (Lipinski definition) is 1. The van der Waals surface area contributed by atoms with Gasteiger partial charge in [-0.3, -0.25) is 4.79 Å². The maximum atomic E-state index is 11.1. The monoisotopic (exact) mass is 403 g/mol. The van der Waals surface area contributed by atoms with Crippen LogP contribution in [0.25, 0.3) is 0 Å². The van der Waals surface area contributed by atoms with Crippen molar-refractivity contribution in [3.63, 3.8) is 0 Å². The van der Waals surface area contributed by atoms with Crippen molar-refractivity contribution >= 4 is 45.0 Å². The number of carbonyl (C=O) groups is 1. The van der Waals surface area contributed by atoms with Crippen molar-refractivity contribution < 1.29 is 9.53 Å². The lowest BCUT2D eigenvalue weighted by Crippen LogP contribution is -2.19. The van der Waals surface area contributed by atoms with Crippen molar-refractivity contribution in [2.75, 3.05) is 5.75 Å². The van der Waals surface area contributed by atoms with E-state index in [2.05, 4.69) is 31.4 Å². The zero-order valence-corrected chi connectivity index (χ0v) is 15.0. The van der Waals surface area contributed by atoms with Crippen LogP contribution in [0.5, 0.6) is 5.75 Å². The number of amidine groups is 1. The molecule has 0 atom stereocenters. The van der Waals surface area contributed by atoms with Crippen molar-refractivity contribution in [2.24, 2.45) is 10.2 Å². The van der Waals surface area contributed by atoms with Gasteiger partial charge < -0.3 is 10.1 Å². The fraction of sp³-hybridized carbons (Fsp3) is 0.118. The highest BCUT2D eigenvalue weighted by Gasteiger charge is 2.15. The normalized spacial score (nSPS) is 15.9. The molecule has 3 rings (SSSR count). The molecular weight excluding hydrogens is 390 g/mol. The highest BCUT2D eigenvalue weighted by molar-refractivity contribution is 9.10. The summed E-state index contributed by atoms with van der Waals surface area (Å²) < 4.78 is 6.84. The Balaban J connectivity index is 1.59. The second-order valence-corrected chi connectivity index (χ2v) is 6.85. The zero-order valence-electron chi connectivity index (χ0n) is 12.6. The Hall–Kier alpha value is -2.12. The molecule has 1 aliphatic heterocycles. The number of halogens is 1. The highest BCUT2D eigenvalue weighted by atomic mass is 79.9. The smallest absolute Gasteiger partial charge is 0.236 e. The molecule has 1 aliphatic rings. The SMILES string of the molecule is O=C1CSC(=NN=Cc2cccc(OCc3ccc(Br)cc3)c2)N1. The summed E-state index contributed by atoms with van der Waals surface area (Å²) in [5.41, 5.74) is 1.97. The molecule has 0 bridgehead atoms. The molecule has 7 heteroatoms. The lowest BCUT2D eigenvalue weighted by Gasteiger charge is -2.07. The van der Waals surface area contributed by atoms with Crippen LogP contribution in [0.4, 0.5) is 0 Å². The Kier molecular flexibility index (Phi) is 5.66. The van der Waals surface area contributed by atoms with E-state index in [0.29, 0.717) is 17.5 Å². The van der Waals surface area contributed by atoms with Crippen LogP contribution in [-0.2, 0) is 11.4 Å². The van der Waals surface area contributed by atoms with Gasteiger partial charge in [-0.25, -0.2) is 0 Å². The van der Waals surface area contributed by atoms with Gasteiger partial charge in [0, 0.05) is 4.47 Å². The average molecular weight is 404 g/mol. The standard InChI is InChI=1S/C17H14BrN3O2S/c18-14-6-4-12(5-7-14)10-23-15-3-1-2-13(8-15)9-19-21-17-20-16(22)11-24-17/h1-9H,10-11H2,(H,20,21,22). The molecule has 0 spiro atoms. The van der Waals surface area contributed by atoms with Gasteiger partial charge in [0.25, 0.3) is 0 Å². The molecule has 1 heterocycles. The van der Waals surface area contributed by atoms with Crippen LogP contribution in [0.1, 0.15) is 11.1 Å². The number of hydrogen-bond acceptors (Lipinski definition) is 5. The fourth-order valence-corrected chi connectivity index (χ4v) is 2.85. The first kappa shape index (κ1) is 16.7. The minimum atomic E-state index is -0.0442.